The van der Waals surface area contributed by atoms with Gasteiger partial charge in [0, 0.05) is 47.6 Å². The Kier molecular flexibility index (Phi) is 7.54. The second kappa shape index (κ2) is 11.2. The van der Waals surface area contributed by atoms with Crippen LogP contribution in [0.5, 0.6) is 17.2 Å². The summed E-state index contributed by atoms with van der Waals surface area (Å²) in [5, 5.41) is 3.09. The third-order valence-electron chi connectivity index (χ3n) is 7.22. The molecule has 5 rings (SSSR count). The Morgan fingerprint density at radius 1 is 0.921 bits per heavy atom. The molecule has 2 heterocycles. The number of fused-ring (bicyclic) bond motifs is 2. The molecule has 2 aromatic carbocycles. The van der Waals surface area contributed by atoms with Crippen molar-refractivity contribution < 1.29 is 23.8 Å². The van der Waals surface area contributed by atoms with E-state index in [1.165, 1.54) is 0 Å². The van der Waals surface area contributed by atoms with Crippen molar-refractivity contribution in [1.82, 2.24) is 9.97 Å². The Hall–Kier alpha value is -4.00. The Balaban J connectivity index is 1.45. The van der Waals surface area contributed by atoms with Gasteiger partial charge in [0.15, 0.2) is 11.5 Å². The molecule has 0 bridgehead atoms. The number of ether oxygens (including phenoxy) is 3. The van der Waals surface area contributed by atoms with Crippen LogP contribution in [0.15, 0.2) is 48.7 Å². The van der Waals surface area contributed by atoms with Gasteiger partial charge in [-0.15, -0.1) is 0 Å². The molecular weight excluding hydrogens is 480 g/mol. The van der Waals surface area contributed by atoms with E-state index in [0.717, 1.165) is 51.5 Å². The Morgan fingerprint density at radius 2 is 1.66 bits per heavy atom. The SMILES string of the molecule is CCCc1ncc(Cc2ccc3cccc(OCCC4C(=O)CCC4=O)c3n2)c2cc(OC)c(OC)cc12. The third kappa shape index (κ3) is 5.05. The van der Waals surface area contributed by atoms with Crippen LogP contribution < -0.4 is 14.2 Å². The van der Waals surface area contributed by atoms with Crippen LogP contribution in [0.25, 0.3) is 21.7 Å². The van der Waals surface area contributed by atoms with Gasteiger partial charge in [0.1, 0.15) is 22.8 Å². The van der Waals surface area contributed by atoms with Gasteiger partial charge in [-0.3, -0.25) is 14.6 Å². The highest BCUT2D eigenvalue weighted by atomic mass is 16.5. The molecule has 1 aliphatic rings. The van der Waals surface area contributed by atoms with Crippen LogP contribution in [-0.4, -0.2) is 42.4 Å². The summed E-state index contributed by atoms with van der Waals surface area (Å²) in [4.78, 5) is 33.7. The summed E-state index contributed by atoms with van der Waals surface area (Å²) in [6, 6.07) is 13.9. The number of pyridine rings is 2. The van der Waals surface area contributed by atoms with Gasteiger partial charge in [0.2, 0.25) is 0 Å². The summed E-state index contributed by atoms with van der Waals surface area (Å²) in [6.07, 6.45) is 5.49. The number of aryl methyl sites for hydroxylation is 1. The van der Waals surface area contributed by atoms with E-state index in [9.17, 15) is 9.59 Å². The summed E-state index contributed by atoms with van der Waals surface area (Å²) >= 11 is 0. The van der Waals surface area contributed by atoms with Gasteiger partial charge in [-0.1, -0.05) is 31.5 Å². The molecule has 7 nitrogen and oxygen atoms in total. The molecule has 4 aromatic rings. The first kappa shape index (κ1) is 25.6. The second-order valence-electron chi connectivity index (χ2n) is 9.66. The maximum absolute atomic E-state index is 12.0. The van der Waals surface area contributed by atoms with Crippen molar-refractivity contribution in [2.24, 2.45) is 5.92 Å². The van der Waals surface area contributed by atoms with Crippen LogP contribution in [0.3, 0.4) is 0 Å². The number of hydrogen-bond donors (Lipinski definition) is 0. The molecule has 1 fully saturated rings. The smallest absolute Gasteiger partial charge is 0.161 e. The highest BCUT2D eigenvalue weighted by Gasteiger charge is 2.32. The first-order valence-electron chi connectivity index (χ1n) is 13.1. The van der Waals surface area contributed by atoms with Crippen LogP contribution in [0, 0.1) is 5.92 Å². The zero-order valence-electron chi connectivity index (χ0n) is 22.1. The molecule has 0 atom stereocenters. The summed E-state index contributed by atoms with van der Waals surface area (Å²) < 4.78 is 17.2. The number of aromatic nitrogens is 2. The highest BCUT2D eigenvalue weighted by molar-refractivity contribution is 6.08. The van der Waals surface area contributed by atoms with Gasteiger partial charge in [-0.25, -0.2) is 4.98 Å². The maximum Gasteiger partial charge on any atom is 0.161 e. The Morgan fingerprint density at radius 3 is 2.37 bits per heavy atom. The minimum absolute atomic E-state index is 0.0250. The van der Waals surface area contributed by atoms with E-state index in [-0.39, 0.29) is 11.6 Å². The fourth-order valence-corrected chi connectivity index (χ4v) is 5.21. The number of nitrogens with zero attached hydrogens (tertiary/aromatic N) is 2. The van der Waals surface area contributed by atoms with Crippen molar-refractivity contribution in [3.8, 4) is 17.2 Å². The summed E-state index contributed by atoms with van der Waals surface area (Å²) in [5.41, 5.74) is 3.72. The van der Waals surface area contributed by atoms with E-state index in [1.807, 2.05) is 48.7 Å². The number of carbonyl (C=O) groups excluding carboxylic acids is 2. The number of hydrogen-bond acceptors (Lipinski definition) is 7. The highest BCUT2D eigenvalue weighted by Crippen LogP contribution is 2.36. The van der Waals surface area contributed by atoms with Crippen molar-refractivity contribution in [2.75, 3.05) is 20.8 Å². The van der Waals surface area contributed by atoms with E-state index in [0.29, 0.717) is 49.5 Å². The minimum Gasteiger partial charge on any atom is -0.493 e. The number of rotatable bonds is 10. The Labute approximate surface area is 222 Å². The van der Waals surface area contributed by atoms with Crippen LogP contribution in [0.2, 0.25) is 0 Å². The van der Waals surface area contributed by atoms with E-state index >= 15 is 0 Å². The lowest BCUT2D eigenvalue weighted by Crippen LogP contribution is -2.17. The number of para-hydroxylation sites is 1. The molecule has 1 aliphatic carbocycles. The molecule has 0 unspecified atom stereocenters. The molecule has 38 heavy (non-hydrogen) atoms. The number of ketones is 2. The quantitative estimate of drug-likeness (QED) is 0.253. The first-order valence-corrected chi connectivity index (χ1v) is 13.1. The van der Waals surface area contributed by atoms with Gasteiger partial charge in [0.25, 0.3) is 0 Å². The lowest BCUT2D eigenvalue weighted by Gasteiger charge is -2.15. The van der Waals surface area contributed by atoms with Gasteiger partial charge < -0.3 is 14.2 Å². The van der Waals surface area contributed by atoms with E-state index in [4.69, 9.17) is 24.2 Å². The zero-order chi connectivity index (χ0) is 26.6. The average molecular weight is 513 g/mol. The van der Waals surface area contributed by atoms with Gasteiger partial charge >= 0.3 is 0 Å². The predicted molar refractivity (Wildman–Crippen MR) is 146 cm³/mol. The molecule has 196 valence electrons. The summed E-state index contributed by atoms with van der Waals surface area (Å²) in [5.74, 6) is 1.53. The van der Waals surface area contributed by atoms with E-state index in [2.05, 4.69) is 6.92 Å². The van der Waals surface area contributed by atoms with Crippen molar-refractivity contribution in [1.29, 1.82) is 0 Å². The molecule has 0 spiro atoms. The summed E-state index contributed by atoms with van der Waals surface area (Å²) in [6.45, 7) is 2.44. The van der Waals surface area contributed by atoms with Crippen LogP contribution in [0.4, 0.5) is 0 Å². The molecule has 0 radical (unpaired) electrons. The molecule has 0 N–H and O–H groups in total. The third-order valence-corrected chi connectivity index (χ3v) is 7.22. The fourth-order valence-electron chi connectivity index (χ4n) is 5.21. The summed E-state index contributed by atoms with van der Waals surface area (Å²) in [7, 11) is 3.28. The second-order valence-corrected chi connectivity index (χ2v) is 9.66. The lowest BCUT2D eigenvalue weighted by atomic mass is 9.99. The molecular formula is C31H32N2O5. The van der Waals surface area contributed by atoms with Crippen molar-refractivity contribution in [2.45, 2.75) is 45.4 Å². The van der Waals surface area contributed by atoms with E-state index in [1.54, 1.807) is 14.2 Å². The monoisotopic (exact) mass is 512 g/mol. The number of methoxy groups -OCH3 is 2. The Bertz CT molecular complexity index is 1500. The van der Waals surface area contributed by atoms with E-state index < -0.39 is 5.92 Å². The first-order chi connectivity index (χ1) is 18.5. The zero-order valence-corrected chi connectivity index (χ0v) is 22.1. The minimum atomic E-state index is -0.527. The lowest BCUT2D eigenvalue weighted by molar-refractivity contribution is -0.127. The van der Waals surface area contributed by atoms with Crippen LogP contribution in [0.1, 0.15) is 49.6 Å². The number of Topliss-reactive ketones (excluding diaryl/α,β-unsaturated/α-hetero) is 2. The van der Waals surface area contributed by atoms with Crippen LogP contribution in [-0.2, 0) is 22.4 Å². The van der Waals surface area contributed by atoms with Crippen molar-refractivity contribution >= 4 is 33.2 Å². The number of benzene rings is 2. The normalized spacial score (nSPS) is 14.0. The fraction of sp³-hybridized carbons (Fsp3) is 0.355. The largest absolute Gasteiger partial charge is 0.493 e. The van der Waals surface area contributed by atoms with Gasteiger partial charge in [-0.05, 0) is 48.1 Å². The van der Waals surface area contributed by atoms with Crippen molar-refractivity contribution in [3.05, 3.63) is 65.6 Å². The van der Waals surface area contributed by atoms with Gasteiger partial charge in [0.05, 0.1) is 26.7 Å². The molecule has 0 saturated heterocycles. The number of carbonyl (C=O) groups is 2. The van der Waals surface area contributed by atoms with Gasteiger partial charge in [-0.2, -0.15) is 0 Å². The molecule has 7 heteroatoms. The van der Waals surface area contributed by atoms with Crippen LogP contribution >= 0.6 is 0 Å². The standard InChI is InChI=1S/C31H32N2O5/c1-4-6-25-24-17-30(37-3)29(36-2)16-23(24)20(18-32-25)15-21-10-9-19-7-5-8-28(31(19)33-21)38-14-13-22-26(34)11-12-27(22)35/h5,7-10,16-18,22H,4,6,11-15H2,1-3H3. The molecule has 2 aromatic heterocycles. The maximum atomic E-state index is 12.0. The predicted octanol–water partition coefficient (Wildman–Crippen LogP) is 5.66. The molecule has 1 saturated carbocycles. The molecule has 0 amide bonds. The van der Waals surface area contributed by atoms with Crippen molar-refractivity contribution in [3.63, 3.8) is 0 Å². The average Bonchev–Trinajstić information content (AvgIpc) is 3.26. The topological polar surface area (TPSA) is 87.6 Å². The molecule has 0 aliphatic heterocycles.